The second-order valence-corrected chi connectivity index (χ2v) is 10.7. The quantitative estimate of drug-likeness (QED) is 0.659. The molecule has 5 nitrogen and oxygen atoms in total. The third kappa shape index (κ3) is 4.26. The first kappa shape index (κ1) is 22.4. The molecule has 0 radical (unpaired) electrons. The lowest BCUT2D eigenvalue weighted by Gasteiger charge is -2.34. The molecule has 3 aliphatic heterocycles. The van der Waals surface area contributed by atoms with Crippen molar-refractivity contribution in [2.75, 3.05) is 19.6 Å². The van der Waals surface area contributed by atoms with E-state index in [9.17, 15) is 9.59 Å². The van der Waals surface area contributed by atoms with E-state index in [2.05, 4.69) is 30.9 Å². The molecular weight excluding hydrogens is 430 g/mol. The van der Waals surface area contributed by atoms with Gasteiger partial charge in [-0.3, -0.25) is 14.5 Å². The molecule has 3 aliphatic rings. The number of fused-ring (bicyclic) bond motifs is 1. The molecule has 0 aromatic heterocycles. The van der Waals surface area contributed by atoms with Gasteiger partial charge in [0.25, 0.3) is 0 Å². The first-order chi connectivity index (χ1) is 15.9. The fourth-order valence-corrected chi connectivity index (χ4v) is 6.22. The van der Waals surface area contributed by atoms with Crippen molar-refractivity contribution < 1.29 is 9.59 Å². The van der Waals surface area contributed by atoms with Crippen LogP contribution < -0.4 is 0 Å². The van der Waals surface area contributed by atoms with Crippen molar-refractivity contribution in [1.82, 2.24) is 9.80 Å². The number of hydrogen-bond acceptors (Lipinski definition) is 5. The maximum Gasteiger partial charge on any atom is 0.244 e. The number of amides is 1. The van der Waals surface area contributed by atoms with E-state index in [1.807, 2.05) is 37.3 Å². The van der Waals surface area contributed by atoms with Crippen molar-refractivity contribution in [3.05, 3.63) is 70.3 Å². The minimum atomic E-state index is -0.629. The van der Waals surface area contributed by atoms with Crippen LogP contribution in [0.3, 0.4) is 0 Å². The van der Waals surface area contributed by atoms with Crippen LogP contribution in [0.4, 0.5) is 0 Å². The number of amidine groups is 1. The molecule has 3 atom stereocenters. The predicted octanol–water partition coefficient (Wildman–Crippen LogP) is 4.76. The number of ketones is 1. The largest absolute Gasteiger partial charge is 0.302 e. The maximum atomic E-state index is 13.9. The Bertz CT molecular complexity index is 1100. The summed E-state index contributed by atoms with van der Waals surface area (Å²) in [5.41, 5.74) is 5.23. The third-order valence-corrected chi connectivity index (χ3v) is 8.26. The van der Waals surface area contributed by atoms with E-state index < -0.39 is 12.1 Å². The number of piperidine rings is 1. The van der Waals surface area contributed by atoms with E-state index in [0.29, 0.717) is 5.17 Å². The average Bonchev–Trinajstić information content (AvgIpc) is 3.12. The standard InChI is InChI=1S/C27H31N3O2S/c1-17-7-10-20(11-8-17)24-25(31)23(21-12-9-18(2)19(3)15-21)28-27-30(24)26(32)22(33-27)16-29-13-5-4-6-14-29/h7-12,15,22-24H,4-6,13-14,16H2,1-3H3. The Morgan fingerprint density at radius 3 is 2.30 bits per heavy atom. The number of carbonyl (C=O) groups excluding carboxylic acids is 2. The summed E-state index contributed by atoms with van der Waals surface area (Å²) >= 11 is 1.54. The molecule has 0 aliphatic carbocycles. The third-order valence-electron chi connectivity index (χ3n) is 7.12. The molecule has 6 heteroatoms. The SMILES string of the molecule is Cc1ccc(C2C(=O)C(c3ccc(C)c(C)c3)N=C3SC(CN4CCCCC4)C(=O)N32)cc1. The molecule has 0 N–H and O–H groups in total. The van der Waals surface area contributed by atoms with E-state index in [1.165, 1.54) is 36.6 Å². The van der Waals surface area contributed by atoms with Gasteiger partial charge in [-0.15, -0.1) is 0 Å². The minimum Gasteiger partial charge on any atom is -0.302 e. The summed E-state index contributed by atoms with van der Waals surface area (Å²) in [6, 6.07) is 12.9. The topological polar surface area (TPSA) is 53.0 Å². The number of hydrogen-bond donors (Lipinski definition) is 0. The number of thioether (sulfide) groups is 1. The highest BCUT2D eigenvalue weighted by Crippen LogP contribution is 2.43. The van der Waals surface area contributed by atoms with Gasteiger partial charge in [0.2, 0.25) is 5.91 Å². The van der Waals surface area contributed by atoms with Crippen molar-refractivity contribution in [1.29, 1.82) is 0 Å². The number of likely N-dealkylation sites (tertiary alicyclic amines) is 1. The fraction of sp³-hybridized carbons (Fsp3) is 0.444. The number of aliphatic imine (C=N–C) groups is 1. The van der Waals surface area contributed by atoms with Crippen molar-refractivity contribution in [2.24, 2.45) is 4.99 Å². The summed E-state index contributed by atoms with van der Waals surface area (Å²) in [6.45, 7) is 8.97. The predicted molar refractivity (Wildman–Crippen MR) is 134 cm³/mol. The van der Waals surface area contributed by atoms with E-state index in [0.717, 1.165) is 41.9 Å². The zero-order valence-electron chi connectivity index (χ0n) is 19.6. The number of rotatable bonds is 4. The van der Waals surface area contributed by atoms with Crippen LogP contribution in [-0.4, -0.2) is 51.5 Å². The van der Waals surface area contributed by atoms with E-state index in [1.54, 1.807) is 4.90 Å². The Morgan fingerprint density at radius 1 is 0.909 bits per heavy atom. The molecule has 2 fully saturated rings. The van der Waals surface area contributed by atoms with Crippen molar-refractivity contribution >= 4 is 28.6 Å². The van der Waals surface area contributed by atoms with Gasteiger partial charge in [0, 0.05) is 6.54 Å². The van der Waals surface area contributed by atoms with Gasteiger partial charge in [0.05, 0.1) is 0 Å². The van der Waals surface area contributed by atoms with Crippen LogP contribution in [-0.2, 0) is 9.59 Å². The summed E-state index contributed by atoms with van der Waals surface area (Å²) in [4.78, 5) is 36.4. The lowest BCUT2D eigenvalue weighted by atomic mass is 9.90. The Kier molecular flexibility index (Phi) is 6.14. The van der Waals surface area contributed by atoms with Crippen LogP contribution in [0.2, 0.25) is 0 Å². The lowest BCUT2D eigenvalue weighted by molar-refractivity contribution is -0.136. The molecule has 0 saturated carbocycles. The van der Waals surface area contributed by atoms with Gasteiger partial charge < -0.3 is 4.90 Å². The lowest BCUT2D eigenvalue weighted by Crippen LogP contribution is -2.46. The average molecular weight is 462 g/mol. The molecule has 3 unspecified atom stereocenters. The highest BCUT2D eigenvalue weighted by atomic mass is 32.2. The Balaban J connectivity index is 1.53. The molecule has 2 saturated heterocycles. The monoisotopic (exact) mass is 461 g/mol. The van der Waals surface area contributed by atoms with Crippen LogP contribution in [0.15, 0.2) is 47.5 Å². The zero-order chi connectivity index (χ0) is 23.1. The van der Waals surface area contributed by atoms with Crippen molar-refractivity contribution in [3.8, 4) is 0 Å². The van der Waals surface area contributed by atoms with Gasteiger partial charge in [-0.2, -0.15) is 0 Å². The molecule has 0 spiro atoms. The van der Waals surface area contributed by atoms with Gasteiger partial charge >= 0.3 is 0 Å². The molecular formula is C27H31N3O2S. The van der Waals surface area contributed by atoms with Crippen LogP contribution in [0, 0.1) is 20.8 Å². The number of carbonyl (C=O) groups is 2. The second-order valence-electron chi connectivity index (χ2n) is 9.55. The second kappa shape index (κ2) is 9.07. The van der Waals surface area contributed by atoms with Gasteiger partial charge in [-0.05, 0) is 69.0 Å². The molecule has 1 amide bonds. The summed E-state index contributed by atoms with van der Waals surface area (Å²) in [7, 11) is 0. The van der Waals surface area contributed by atoms with Crippen LogP contribution >= 0.6 is 11.8 Å². The minimum absolute atomic E-state index is 0.0155. The first-order valence-corrected chi connectivity index (χ1v) is 12.8. The van der Waals surface area contributed by atoms with E-state index in [-0.39, 0.29) is 16.9 Å². The number of benzene rings is 2. The molecule has 172 valence electrons. The van der Waals surface area contributed by atoms with E-state index >= 15 is 0 Å². The summed E-state index contributed by atoms with van der Waals surface area (Å²) < 4.78 is 0. The number of aryl methyl sites for hydroxylation is 3. The normalized spacial score (nSPS) is 25.8. The van der Waals surface area contributed by atoms with Gasteiger partial charge in [0.1, 0.15) is 17.3 Å². The zero-order valence-corrected chi connectivity index (χ0v) is 20.4. The van der Waals surface area contributed by atoms with Crippen LogP contribution in [0.1, 0.15) is 59.2 Å². The number of Topliss-reactive ketones (excluding diaryl/α,β-unsaturated/α-hetero) is 1. The Morgan fingerprint density at radius 2 is 1.61 bits per heavy atom. The van der Waals surface area contributed by atoms with E-state index in [4.69, 9.17) is 4.99 Å². The highest BCUT2D eigenvalue weighted by Gasteiger charge is 2.50. The van der Waals surface area contributed by atoms with Crippen molar-refractivity contribution in [3.63, 3.8) is 0 Å². The smallest absolute Gasteiger partial charge is 0.244 e. The molecule has 2 aromatic carbocycles. The van der Waals surface area contributed by atoms with Crippen LogP contribution in [0.5, 0.6) is 0 Å². The van der Waals surface area contributed by atoms with Crippen molar-refractivity contribution in [2.45, 2.75) is 57.4 Å². The summed E-state index contributed by atoms with van der Waals surface area (Å²) in [5, 5.41) is 0.483. The molecule has 2 aromatic rings. The van der Waals surface area contributed by atoms with Crippen LogP contribution in [0.25, 0.3) is 0 Å². The number of nitrogens with zero attached hydrogens (tertiary/aromatic N) is 3. The fourth-order valence-electron chi connectivity index (χ4n) is 4.99. The molecule has 0 bridgehead atoms. The summed E-state index contributed by atoms with van der Waals surface area (Å²) in [6.07, 6.45) is 3.65. The first-order valence-electron chi connectivity index (χ1n) is 11.9. The Labute approximate surface area is 200 Å². The van der Waals surface area contributed by atoms with Gasteiger partial charge in [-0.25, -0.2) is 4.99 Å². The van der Waals surface area contributed by atoms with Gasteiger partial charge in [-0.1, -0.05) is 66.2 Å². The Hall–Kier alpha value is -2.44. The molecule has 3 heterocycles. The highest BCUT2D eigenvalue weighted by molar-refractivity contribution is 8.15. The van der Waals surface area contributed by atoms with Gasteiger partial charge in [0.15, 0.2) is 11.0 Å². The maximum absolute atomic E-state index is 13.9. The molecule has 33 heavy (non-hydrogen) atoms. The molecule has 5 rings (SSSR count). The summed E-state index contributed by atoms with van der Waals surface area (Å²) in [5.74, 6) is -0.0137.